The van der Waals surface area contributed by atoms with Gasteiger partial charge in [-0.25, -0.2) is 8.42 Å². The van der Waals surface area contributed by atoms with E-state index in [-0.39, 0.29) is 76.3 Å². The Kier molecular flexibility index (Phi) is 27.0. The molecule has 0 aromatic heterocycles. The van der Waals surface area contributed by atoms with Gasteiger partial charge in [0.15, 0.2) is 11.5 Å². The predicted octanol–water partition coefficient (Wildman–Crippen LogP) is 12.4. The van der Waals surface area contributed by atoms with Crippen LogP contribution in [0.1, 0.15) is 153 Å². The van der Waals surface area contributed by atoms with E-state index in [0.717, 1.165) is 43.2 Å². The van der Waals surface area contributed by atoms with Crippen molar-refractivity contribution in [3.05, 3.63) is 96.1 Å². The number of unbranched alkanes of at least 4 members (excludes halogenated alkanes) is 18. The zero-order chi connectivity index (χ0) is 43.6. The molecule has 0 heterocycles. The molecule has 0 saturated carbocycles. The Bertz CT molecular complexity index is 1910. The van der Waals surface area contributed by atoms with Crippen molar-refractivity contribution in [2.75, 3.05) is 0 Å². The molecule has 0 aliphatic carbocycles. The van der Waals surface area contributed by atoms with Crippen LogP contribution < -0.4 is 14.6 Å². The number of rotatable bonds is 28. The van der Waals surface area contributed by atoms with Gasteiger partial charge in [-0.1, -0.05) is 178 Å². The molecule has 4 aromatic rings. The molecule has 0 aliphatic rings. The maximum absolute atomic E-state index is 12.0. The van der Waals surface area contributed by atoms with Gasteiger partial charge < -0.3 is 24.2 Å². The molecule has 0 unspecified atom stereocenters. The molecule has 61 heavy (non-hydrogen) atoms. The molecule has 2 N–H and O–H groups in total. The first-order valence-electron chi connectivity index (χ1n) is 21.9. The van der Waals surface area contributed by atoms with Crippen molar-refractivity contribution in [3.8, 4) is 34.5 Å². The van der Waals surface area contributed by atoms with Gasteiger partial charge in [0.2, 0.25) is 0 Å². The van der Waals surface area contributed by atoms with Crippen molar-refractivity contribution in [3.63, 3.8) is 0 Å². The summed E-state index contributed by atoms with van der Waals surface area (Å²) < 4.78 is 78.0. The summed E-state index contributed by atoms with van der Waals surface area (Å²) in [4.78, 5) is -0.576. The van der Waals surface area contributed by atoms with Gasteiger partial charge >= 0.3 is 37.7 Å². The van der Waals surface area contributed by atoms with Crippen LogP contribution in [0.15, 0.2) is 94.7 Å². The van der Waals surface area contributed by atoms with E-state index in [1.54, 1.807) is 42.5 Å². The van der Waals surface area contributed by atoms with Crippen LogP contribution in [0.25, 0.3) is 0 Å². The fraction of sp³-hybridized carbons (Fsp3) is 0.500. The van der Waals surface area contributed by atoms with Crippen molar-refractivity contribution >= 4 is 58.0 Å². The molecule has 0 fully saturated rings. The first kappa shape index (κ1) is 54.3. The number of aryl methyl sites for hydroxylation is 2. The first-order valence-corrected chi connectivity index (χ1v) is 24.8. The molecule has 0 saturated heterocycles. The van der Waals surface area contributed by atoms with Crippen molar-refractivity contribution in [2.24, 2.45) is 0 Å². The van der Waals surface area contributed by atoms with E-state index in [4.69, 9.17) is 9.47 Å². The van der Waals surface area contributed by atoms with E-state index < -0.39 is 20.2 Å². The molecule has 0 spiro atoms. The van der Waals surface area contributed by atoms with Crippen molar-refractivity contribution < 1.29 is 45.6 Å². The van der Waals surface area contributed by atoms with Crippen molar-refractivity contribution in [2.45, 2.75) is 165 Å². The van der Waals surface area contributed by atoms with E-state index in [1.165, 1.54) is 145 Å². The number of phenolic OH excluding ortho intramolecular Hbond substituents is 1. The van der Waals surface area contributed by atoms with Crippen LogP contribution in [0.4, 0.5) is 0 Å². The van der Waals surface area contributed by atoms with Crippen LogP contribution in [0, 0.1) is 0 Å². The largest absolute Gasteiger partial charge is 2.00 e. The van der Waals surface area contributed by atoms with Gasteiger partial charge in [-0.05, 0) is 73.2 Å². The van der Waals surface area contributed by atoms with Crippen LogP contribution in [0.2, 0.25) is 0 Å². The smallest absolute Gasteiger partial charge is 0.870 e. The third-order valence-corrected chi connectivity index (χ3v) is 12.1. The summed E-state index contributed by atoms with van der Waals surface area (Å²) in [6.07, 6.45) is 26.1. The number of para-hydroxylation sites is 4. The quantitative estimate of drug-likeness (QED) is 0.0317. The van der Waals surface area contributed by atoms with Crippen LogP contribution in [-0.4, -0.2) is 68.8 Å². The van der Waals surface area contributed by atoms with Crippen molar-refractivity contribution in [1.29, 1.82) is 0 Å². The van der Waals surface area contributed by atoms with E-state index in [1.807, 2.05) is 0 Å². The SMILES string of the molecule is CCCCCCCCCCCCc1ccc(S(=O)(=O)O)cc1Oc1ccccc1O.CCCCCCCCCCCCc1ccc(S(=O)(=O)[O-])cc1Oc1ccccc1[O-].[Ca+2]. The topological polar surface area (TPSA) is 173 Å². The van der Waals surface area contributed by atoms with Gasteiger partial charge in [-0.15, -0.1) is 0 Å². The van der Waals surface area contributed by atoms with E-state index in [9.17, 15) is 36.2 Å². The molecule has 0 bridgehead atoms. The normalized spacial score (nSPS) is 11.3. The fourth-order valence-electron chi connectivity index (χ4n) is 6.91. The van der Waals surface area contributed by atoms with Crippen LogP contribution in [-0.2, 0) is 33.1 Å². The number of hydrogen-bond acceptors (Lipinski definition) is 9. The minimum atomic E-state index is -4.60. The molecule has 332 valence electrons. The minimum Gasteiger partial charge on any atom is -0.870 e. The number of phenols is 1. The van der Waals surface area contributed by atoms with E-state index in [0.29, 0.717) is 12.2 Å². The third kappa shape index (κ3) is 21.9. The molecule has 0 aliphatic heterocycles. The predicted molar refractivity (Wildman–Crippen MR) is 242 cm³/mol. The van der Waals surface area contributed by atoms with Gasteiger partial charge in [0, 0.05) is 6.07 Å². The average Bonchev–Trinajstić information content (AvgIpc) is 3.21. The second-order valence-electron chi connectivity index (χ2n) is 15.5. The first-order chi connectivity index (χ1) is 28.8. The molecular formula is C48H66CaO10S2. The number of ether oxygens (including phenoxy) is 2. The summed E-state index contributed by atoms with van der Waals surface area (Å²) in [6.45, 7) is 4.46. The average molecular weight is 907 g/mol. The number of benzene rings is 4. The molecule has 10 nitrogen and oxygen atoms in total. The summed E-state index contributed by atoms with van der Waals surface area (Å²) >= 11 is 0. The van der Waals surface area contributed by atoms with Gasteiger partial charge in [-0.2, -0.15) is 8.42 Å². The number of aromatic hydroxyl groups is 1. The van der Waals surface area contributed by atoms with Gasteiger partial charge in [-0.3, -0.25) is 4.55 Å². The monoisotopic (exact) mass is 906 g/mol. The maximum Gasteiger partial charge on any atom is 2.00 e. The molecule has 0 atom stereocenters. The summed E-state index contributed by atoms with van der Waals surface area (Å²) in [6, 6.07) is 21.2. The standard InChI is InChI=1S/2C24H34O5S.Ca/c2*1-2-3-4-5-6-7-8-9-10-11-14-20-17-18-21(30(26,27)28)19-24(20)29-23-16-13-12-15-22(23)25;/h2*12-13,15-19,25H,2-11,14H2,1H3,(H,26,27,28);/q;;+2/p-2. The maximum atomic E-state index is 12.0. The molecule has 4 rings (SSSR count). The Balaban J connectivity index is 0.000000413. The Morgan fingerprint density at radius 1 is 0.492 bits per heavy atom. The second-order valence-corrected chi connectivity index (χ2v) is 18.3. The summed E-state index contributed by atoms with van der Waals surface area (Å²) in [5, 5.41) is 21.9. The Morgan fingerprint density at radius 2 is 0.869 bits per heavy atom. The summed E-state index contributed by atoms with van der Waals surface area (Å²) in [5.41, 5.74) is 1.65. The van der Waals surface area contributed by atoms with Crippen LogP contribution in [0.5, 0.6) is 34.5 Å². The number of hydrogen-bond donors (Lipinski definition) is 2. The zero-order valence-electron chi connectivity index (χ0n) is 36.3. The molecule has 0 amide bonds. The molecular weight excluding hydrogens is 841 g/mol. The Morgan fingerprint density at radius 3 is 1.30 bits per heavy atom. The fourth-order valence-corrected chi connectivity index (χ4v) is 7.89. The Hall–Kier alpha value is -2.84. The van der Waals surface area contributed by atoms with Crippen LogP contribution >= 0.6 is 0 Å². The second kappa shape index (κ2) is 30.3. The summed E-state index contributed by atoms with van der Waals surface area (Å²) in [5.74, 6) is 0.627. The molecule has 0 radical (unpaired) electrons. The van der Waals surface area contributed by atoms with Gasteiger partial charge in [0.05, 0.1) is 9.79 Å². The third-order valence-electron chi connectivity index (χ3n) is 10.4. The van der Waals surface area contributed by atoms with E-state index >= 15 is 0 Å². The van der Waals surface area contributed by atoms with E-state index in [2.05, 4.69) is 13.8 Å². The van der Waals surface area contributed by atoms with Crippen molar-refractivity contribution in [1.82, 2.24) is 0 Å². The Labute approximate surface area is 396 Å². The van der Waals surface area contributed by atoms with Gasteiger partial charge in [0.25, 0.3) is 10.1 Å². The minimum absolute atomic E-state index is 0. The summed E-state index contributed by atoms with van der Waals surface area (Å²) in [7, 11) is -8.93. The van der Waals surface area contributed by atoms with Gasteiger partial charge in [0.1, 0.15) is 27.4 Å². The van der Waals surface area contributed by atoms with Crippen LogP contribution in [0.3, 0.4) is 0 Å². The zero-order valence-corrected chi connectivity index (χ0v) is 40.2. The molecule has 4 aromatic carbocycles. The molecule has 13 heteroatoms.